The first-order valence-corrected chi connectivity index (χ1v) is 6.48. The minimum absolute atomic E-state index is 0.0450. The van der Waals surface area contributed by atoms with Crippen LogP contribution < -0.4 is 16.4 Å². The summed E-state index contributed by atoms with van der Waals surface area (Å²) in [5, 5.41) is 13.7. The summed E-state index contributed by atoms with van der Waals surface area (Å²) in [7, 11) is 0. The smallest absolute Gasteiger partial charge is 0.319 e. The van der Waals surface area contributed by atoms with Gasteiger partial charge in [0.1, 0.15) is 6.04 Å². The number of hydrogen-bond acceptors (Lipinski definition) is 3. The first-order valence-electron chi connectivity index (χ1n) is 6.48. The van der Waals surface area contributed by atoms with Crippen LogP contribution in [0, 0.1) is 0 Å². The minimum Gasteiger partial charge on any atom is -0.481 e. The fourth-order valence-electron chi connectivity index (χ4n) is 1.71. The molecule has 1 rings (SSSR count). The molecule has 5 N–H and O–H groups in total. The second kappa shape index (κ2) is 7.28. The zero-order chi connectivity index (χ0) is 16.0. The van der Waals surface area contributed by atoms with Gasteiger partial charge in [0.05, 0.1) is 6.42 Å². The molecule has 1 aromatic carbocycles. The average molecular weight is 293 g/mol. The molecule has 0 aromatic heterocycles. The van der Waals surface area contributed by atoms with E-state index in [0.29, 0.717) is 5.69 Å². The Morgan fingerprint density at radius 2 is 1.76 bits per heavy atom. The van der Waals surface area contributed by atoms with E-state index in [2.05, 4.69) is 10.6 Å². The molecule has 0 aliphatic heterocycles. The van der Waals surface area contributed by atoms with Crippen molar-refractivity contribution in [1.29, 1.82) is 0 Å². The molecule has 0 bridgehead atoms. The van der Waals surface area contributed by atoms with E-state index in [1.54, 1.807) is 24.3 Å². The molecule has 0 aliphatic rings. The number of anilines is 1. The van der Waals surface area contributed by atoms with Crippen LogP contribution in [-0.4, -0.2) is 29.1 Å². The van der Waals surface area contributed by atoms with Crippen molar-refractivity contribution in [2.24, 2.45) is 5.73 Å². The molecule has 0 saturated carbocycles. The largest absolute Gasteiger partial charge is 0.481 e. The Kier molecular flexibility index (Phi) is 5.71. The summed E-state index contributed by atoms with van der Waals surface area (Å²) in [6.45, 7) is 3.30. The average Bonchev–Trinajstić information content (AvgIpc) is 2.38. The first kappa shape index (κ1) is 16.5. The van der Waals surface area contributed by atoms with Gasteiger partial charge in [-0.15, -0.1) is 0 Å². The summed E-state index contributed by atoms with van der Waals surface area (Å²) >= 11 is 0. The number of nitrogens with one attached hydrogen (secondary N) is 2. The molecule has 1 aromatic rings. The summed E-state index contributed by atoms with van der Waals surface area (Å²) in [5.74, 6) is -1.59. The Bertz CT molecular complexity index is 528. The molecule has 0 radical (unpaired) electrons. The van der Waals surface area contributed by atoms with Crippen LogP contribution in [0.2, 0.25) is 0 Å². The van der Waals surface area contributed by atoms with E-state index in [9.17, 15) is 14.4 Å². The monoisotopic (exact) mass is 293 g/mol. The first-order chi connectivity index (χ1) is 9.79. The van der Waals surface area contributed by atoms with Crippen LogP contribution in [0.5, 0.6) is 0 Å². The second-order valence-electron chi connectivity index (χ2n) is 4.84. The summed E-state index contributed by atoms with van der Waals surface area (Å²) in [6, 6.07) is 5.54. The van der Waals surface area contributed by atoms with Gasteiger partial charge in [-0.05, 0) is 30.5 Å². The van der Waals surface area contributed by atoms with Crippen molar-refractivity contribution >= 4 is 23.6 Å². The number of rotatable bonds is 6. The quantitative estimate of drug-likeness (QED) is 0.630. The maximum absolute atomic E-state index is 11.6. The third-order valence-electron chi connectivity index (χ3n) is 2.99. The highest BCUT2D eigenvalue weighted by Crippen LogP contribution is 2.20. The predicted molar refractivity (Wildman–Crippen MR) is 77.9 cm³/mol. The van der Waals surface area contributed by atoms with Gasteiger partial charge in [0.2, 0.25) is 5.91 Å². The third kappa shape index (κ3) is 5.52. The van der Waals surface area contributed by atoms with Crippen molar-refractivity contribution in [2.45, 2.75) is 32.2 Å². The van der Waals surface area contributed by atoms with E-state index in [1.165, 1.54) is 6.92 Å². The number of amides is 3. The van der Waals surface area contributed by atoms with Crippen LogP contribution >= 0.6 is 0 Å². The number of urea groups is 1. The van der Waals surface area contributed by atoms with Gasteiger partial charge in [0, 0.05) is 5.69 Å². The Morgan fingerprint density at radius 3 is 2.24 bits per heavy atom. The molecule has 0 saturated heterocycles. The van der Waals surface area contributed by atoms with Crippen molar-refractivity contribution in [3.8, 4) is 0 Å². The molecule has 3 amide bonds. The Hall–Kier alpha value is -2.57. The summed E-state index contributed by atoms with van der Waals surface area (Å²) < 4.78 is 0. The summed E-state index contributed by atoms with van der Waals surface area (Å²) in [5.41, 5.74) is 6.45. The second-order valence-corrected chi connectivity index (χ2v) is 4.84. The van der Waals surface area contributed by atoms with Crippen LogP contribution in [0.3, 0.4) is 0 Å². The van der Waals surface area contributed by atoms with E-state index in [-0.39, 0.29) is 12.3 Å². The number of carbonyl (C=O) groups is 3. The Balaban J connectivity index is 2.60. The molecule has 0 heterocycles. The van der Waals surface area contributed by atoms with Gasteiger partial charge in [-0.25, -0.2) is 4.79 Å². The molecular formula is C14H19N3O4. The zero-order valence-electron chi connectivity index (χ0n) is 11.9. The van der Waals surface area contributed by atoms with Crippen LogP contribution in [0.15, 0.2) is 24.3 Å². The van der Waals surface area contributed by atoms with Gasteiger partial charge in [-0.3, -0.25) is 9.59 Å². The normalized spacial score (nSPS) is 13.0. The van der Waals surface area contributed by atoms with Crippen molar-refractivity contribution < 1.29 is 19.5 Å². The van der Waals surface area contributed by atoms with E-state index in [1.807, 2.05) is 6.92 Å². The minimum atomic E-state index is -0.857. The van der Waals surface area contributed by atoms with Gasteiger partial charge in [-0.1, -0.05) is 19.1 Å². The molecule has 0 fully saturated rings. The maximum Gasteiger partial charge on any atom is 0.319 e. The van der Waals surface area contributed by atoms with E-state index in [0.717, 1.165) is 5.56 Å². The number of carboxylic acid groups (broad SMARTS) is 1. The number of primary amides is 1. The highest BCUT2D eigenvalue weighted by Gasteiger charge is 2.13. The molecule has 7 heteroatoms. The van der Waals surface area contributed by atoms with Crippen LogP contribution in [0.4, 0.5) is 10.5 Å². The van der Waals surface area contributed by atoms with Gasteiger partial charge in [-0.2, -0.15) is 0 Å². The molecule has 2 atom stereocenters. The zero-order valence-corrected chi connectivity index (χ0v) is 11.9. The standard InChI is InChI=1S/C14H19N3O4/c1-8(7-12(18)19)10-3-5-11(6-4-10)17-14(21)16-9(2)13(15)20/h3-6,8-9H,7H2,1-2H3,(H2,15,20)(H,18,19)(H2,16,17,21). The number of carbonyl (C=O) groups excluding carboxylic acids is 2. The van der Waals surface area contributed by atoms with Crippen molar-refractivity contribution in [3.05, 3.63) is 29.8 Å². The third-order valence-corrected chi connectivity index (χ3v) is 2.99. The van der Waals surface area contributed by atoms with Crippen molar-refractivity contribution in [1.82, 2.24) is 5.32 Å². The lowest BCUT2D eigenvalue weighted by Gasteiger charge is -2.13. The molecule has 21 heavy (non-hydrogen) atoms. The lowest BCUT2D eigenvalue weighted by molar-refractivity contribution is -0.137. The number of aliphatic carboxylic acids is 1. The number of hydrogen-bond donors (Lipinski definition) is 4. The topological polar surface area (TPSA) is 122 Å². The Morgan fingerprint density at radius 1 is 1.19 bits per heavy atom. The fraction of sp³-hybridized carbons (Fsp3) is 0.357. The lowest BCUT2D eigenvalue weighted by Crippen LogP contribution is -2.44. The SMILES string of the molecule is CC(NC(=O)Nc1ccc(C(C)CC(=O)O)cc1)C(N)=O. The summed E-state index contributed by atoms with van der Waals surface area (Å²) in [4.78, 5) is 33.1. The summed E-state index contributed by atoms with van der Waals surface area (Å²) in [6.07, 6.45) is 0.0450. The number of carboxylic acids is 1. The molecule has 0 spiro atoms. The predicted octanol–water partition coefficient (Wildman–Crippen LogP) is 1.26. The van der Waals surface area contributed by atoms with E-state index >= 15 is 0 Å². The van der Waals surface area contributed by atoms with E-state index < -0.39 is 23.9 Å². The number of benzene rings is 1. The van der Waals surface area contributed by atoms with Gasteiger partial charge in [0.25, 0.3) is 0 Å². The van der Waals surface area contributed by atoms with Crippen LogP contribution in [-0.2, 0) is 9.59 Å². The van der Waals surface area contributed by atoms with Crippen LogP contribution in [0.25, 0.3) is 0 Å². The van der Waals surface area contributed by atoms with Gasteiger partial charge >= 0.3 is 12.0 Å². The van der Waals surface area contributed by atoms with E-state index in [4.69, 9.17) is 10.8 Å². The van der Waals surface area contributed by atoms with Gasteiger partial charge in [0.15, 0.2) is 0 Å². The van der Waals surface area contributed by atoms with Crippen LogP contribution in [0.1, 0.15) is 31.7 Å². The molecule has 114 valence electrons. The Labute approximate surface area is 122 Å². The molecular weight excluding hydrogens is 274 g/mol. The van der Waals surface area contributed by atoms with Gasteiger partial charge < -0.3 is 21.5 Å². The van der Waals surface area contributed by atoms with Crippen molar-refractivity contribution in [3.63, 3.8) is 0 Å². The molecule has 7 nitrogen and oxygen atoms in total. The van der Waals surface area contributed by atoms with Crippen molar-refractivity contribution in [2.75, 3.05) is 5.32 Å². The highest BCUT2D eigenvalue weighted by atomic mass is 16.4. The molecule has 0 aliphatic carbocycles. The lowest BCUT2D eigenvalue weighted by atomic mass is 9.98. The number of nitrogens with two attached hydrogens (primary N) is 1. The molecule has 2 unspecified atom stereocenters. The highest BCUT2D eigenvalue weighted by molar-refractivity contribution is 5.93. The maximum atomic E-state index is 11.6. The fourth-order valence-corrected chi connectivity index (χ4v) is 1.71.